The fourth-order valence-electron chi connectivity index (χ4n) is 3.71. The predicted octanol–water partition coefficient (Wildman–Crippen LogP) is 4.81. The van der Waals surface area contributed by atoms with E-state index in [1.54, 1.807) is 7.11 Å². The Hall–Kier alpha value is -2.23. The van der Waals surface area contributed by atoms with Gasteiger partial charge in [-0.1, -0.05) is 19.3 Å². The van der Waals surface area contributed by atoms with Crippen LogP contribution in [0.4, 0.5) is 0 Å². The number of hydrogen-bond donors (Lipinski definition) is 0. The summed E-state index contributed by atoms with van der Waals surface area (Å²) in [5.41, 5.74) is 2.23. The molecule has 0 unspecified atom stereocenters. The molecule has 1 aromatic carbocycles. The number of methoxy groups -OCH3 is 1. The van der Waals surface area contributed by atoms with Crippen molar-refractivity contribution in [3.63, 3.8) is 0 Å². The van der Waals surface area contributed by atoms with Gasteiger partial charge >= 0.3 is 5.97 Å². The molecule has 0 amide bonds. The minimum Gasteiger partial charge on any atom is -0.497 e. The fourth-order valence-corrected chi connectivity index (χ4v) is 3.71. The lowest BCUT2D eigenvalue weighted by molar-refractivity contribution is -0.137. The summed E-state index contributed by atoms with van der Waals surface area (Å²) in [5, 5.41) is 1.14. The van der Waals surface area contributed by atoms with Crippen LogP contribution in [0, 0.1) is 5.92 Å². The maximum atomic E-state index is 11.7. The number of fused-ring (bicyclic) bond motifs is 1. The Balaban J connectivity index is 1.94. The highest BCUT2D eigenvalue weighted by atomic mass is 16.5. The molecule has 0 aliphatic heterocycles. The van der Waals surface area contributed by atoms with Gasteiger partial charge in [-0.15, -0.1) is 0 Å². The number of hydrogen-bond acceptors (Lipinski definition) is 3. The first-order chi connectivity index (χ1) is 12.2. The maximum absolute atomic E-state index is 11.7. The first kappa shape index (κ1) is 17.6. The van der Waals surface area contributed by atoms with E-state index in [0.717, 1.165) is 23.4 Å². The minimum atomic E-state index is -0.297. The van der Waals surface area contributed by atoms with Gasteiger partial charge in [0, 0.05) is 29.2 Å². The minimum absolute atomic E-state index is 0.297. The molecule has 1 aliphatic rings. The van der Waals surface area contributed by atoms with E-state index in [4.69, 9.17) is 9.47 Å². The van der Waals surface area contributed by atoms with E-state index < -0.39 is 0 Å². The number of benzene rings is 1. The van der Waals surface area contributed by atoms with Crippen LogP contribution in [0.5, 0.6) is 5.75 Å². The van der Waals surface area contributed by atoms with Gasteiger partial charge in [-0.3, -0.25) is 0 Å². The van der Waals surface area contributed by atoms with Crippen molar-refractivity contribution in [1.29, 1.82) is 0 Å². The summed E-state index contributed by atoms with van der Waals surface area (Å²) >= 11 is 0. The average molecular weight is 341 g/mol. The van der Waals surface area contributed by atoms with Crippen LogP contribution in [0.25, 0.3) is 17.0 Å². The largest absolute Gasteiger partial charge is 0.497 e. The Labute approximate surface area is 149 Å². The van der Waals surface area contributed by atoms with Gasteiger partial charge in [0.2, 0.25) is 0 Å². The summed E-state index contributed by atoms with van der Waals surface area (Å²) in [6.07, 6.45) is 9.97. The molecule has 0 radical (unpaired) electrons. The maximum Gasteiger partial charge on any atom is 0.330 e. The molecule has 0 N–H and O–H groups in total. The number of carbonyl (C=O) groups is 1. The molecule has 0 atom stereocenters. The zero-order valence-corrected chi connectivity index (χ0v) is 15.2. The zero-order chi connectivity index (χ0) is 17.6. The summed E-state index contributed by atoms with van der Waals surface area (Å²) in [6.45, 7) is 3.21. The van der Waals surface area contributed by atoms with Crippen molar-refractivity contribution in [3.05, 3.63) is 36.0 Å². The average Bonchev–Trinajstić information content (AvgIpc) is 2.98. The molecule has 0 saturated heterocycles. The monoisotopic (exact) mass is 341 g/mol. The molecule has 1 aromatic heterocycles. The third kappa shape index (κ3) is 4.25. The van der Waals surface area contributed by atoms with Gasteiger partial charge in [-0.2, -0.15) is 0 Å². The highest BCUT2D eigenvalue weighted by Gasteiger charge is 2.17. The van der Waals surface area contributed by atoms with Crippen LogP contribution < -0.4 is 4.74 Å². The van der Waals surface area contributed by atoms with Gasteiger partial charge in [-0.25, -0.2) is 4.79 Å². The van der Waals surface area contributed by atoms with Crippen LogP contribution in [-0.4, -0.2) is 24.3 Å². The van der Waals surface area contributed by atoms with Crippen LogP contribution in [0.2, 0.25) is 0 Å². The smallest absolute Gasteiger partial charge is 0.330 e. The van der Waals surface area contributed by atoms with Crippen molar-refractivity contribution in [2.75, 3.05) is 13.7 Å². The van der Waals surface area contributed by atoms with E-state index in [9.17, 15) is 4.79 Å². The van der Waals surface area contributed by atoms with E-state index >= 15 is 0 Å². The van der Waals surface area contributed by atoms with Crippen LogP contribution in [0.3, 0.4) is 0 Å². The van der Waals surface area contributed by atoms with Gasteiger partial charge in [0.1, 0.15) is 5.75 Å². The van der Waals surface area contributed by atoms with Gasteiger partial charge in [0.15, 0.2) is 0 Å². The fraction of sp³-hybridized carbons (Fsp3) is 0.476. The molecule has 1 saturated carbocycles. The normalized spacial score (nSPS) is 15.8. The Kier molecular flexibility index (Phi) is 5.79. The zero-order valence-electron chi connectivity index (χ0n) is 15.2. The van der Waals surface area contributed by atoms with Crippen molar-refractivity contribution in [2.45, 2.75) is 45.6 Å². The molecule has 2 aromatic rings. The predicted molar refractivity (Wildman–Crippen MR) is 101 cm³/mol. The molecule has 1 fully saturated rings. The summed E-state index contributed by atoms with van der Waals surface area (Å²) in [6, 6.07) is 8.28. The summed E-state index contributed by atoms with van der Waals surface area (Å²) in [7, 11) is 1.68. The number of rotatable bonds is 6. The van der Waals surface area contributed by atoms with E-state index in [-0.39, 0.29) is 5.97 Å². The summed E-state index contributed by atoms with van der Waals surface area (Å²) in [4.78, 5) is 11.7. The Morgan fingerprint density at radius 2 is 2.04 bits per heavy atom. The van der Waals surface area contributed by atoms with Gasteiger partial charge in [0.25, 0.3) is 0 Å². The Bertz CT molecular complexity index is 754. The number of nitrogens with zero attached hydrogens (tertiary/aromatic N) is 1. The number of esters is 1. The lowest BCUT2D eigenvalue weighted by Gasteiger charge is -2.23. The van der Waals surface area contributed by atoms with Crippen molar-refractivity contribution in [2.24, 2.45) is 5.92 Å². The third-order valence-electron chi connectivity index (χ3n) is 4.98. The summed E-state index contributed by atoms with van der Waals surface area (Å²) < 4.78 is 12.7. The van der Waals surface area contributed by atoms with E-state index in [2.05, 4.69) is 22.8 Å². The molecular formula is C21H27NO3. The lowest BCUT2D eigenvalue weighted by Crippen LogP contribution is -2.15. The van der Waals surface area contributed by atoms with E-state index in [1.807, 2.05) is 19.1 Å². The lowest BCUT2D eigenvalue weighted by atomic mass is 9.89. The topological polar surface area (TPSA) is 40.5 Å². The van der Waals surface area contributed by atoms with Crippen molar-refractivity contribution in [3.8, 4) is 5.75 Å². The molecule has 0 spiro atoms. The second-order valence-electron chi connectivity index (χ2n) is 6.69. The van der Waals surface area contributed by atoms with Crippen molar-refractivity contribution < 1.29 is 14.3 Å². The molecule has 25 heavy (non-hydrogen) atoms. The van der Waals surface area contributed by atoms with Crippen LogP contribution in [0.15, 0.2) is 30.3 Å². The van der Waals surface area contributed by atoms with Crippen molar-refractivity contribution >= 4 is 22.9 Å². The Morgan fingerprint density at radius 1 is 1.24 bits per heavy atom. The van der Waals surface area contributed by atoms with Crippen LogP contribution in [0.1, 0.15) is 44.7 Å². The number of carbonyl (C=O) groups excluding carboxylic acids is 1. The third-order valence-corrected chi connectivity index (χ3v) is 4.98. The number of ether oxygens (including phenoxy) is 2. The second kappa shape index (κ2) is 8.24. The molecule has 0 bridgehead atoms. The first-order valence-electron chi connectivity index (χ1n) is 9.23. The van der Waals surface area contributed by atoms with Gasteiger partial charge < -0.3 is 14.0 Å². The molecule has 3 rings (SSSR count). The molecule has 4 nitrogen and oxygen atoms in total. The van der Waals surface area contributed by atoms with E-state index in [0.29, 0.717) is 12.5 Å². The highest BCUT2D eigenvalue weighted by molar-refractivity contribution is 5.90. The van der Waals surface area contributed by atoms with E-state index in [1.165, 1.54) is 43.7 Å². The molecular weight excluding hydrogens is 314 g/mol. The molecule has 4 heteroatoms. The summed E-state index contributed by atoms with van der Waals surface area (Å²) in [5.74, 6) is 1.26. The van der Waals surface area contributed by atoms with Crippen LogP contribution in [-0.2, 0) is 16.1 Å². The van der Waals surface area contributed by atoms with Gasteiger partial charge in [0.05, 0.1) is 13.7 Å². The molecule has 134 valence electrons. The molecule has 1 heterocycles. The highest BCUT2D eigenvalue weighted by Crippen LogP contribution is 2.30. The first-order valence-corrected chi connectivity index (χ1v) is 9.23. The quantitative estimate of drug-likeness (QED) is 0.559. The molecule has 1 aliphatic carbocycles. The Morgan fingerprint density at radius 3 is 2.76 bits per heavy atom. The van der Waals surface area contributed by atoms with Crippen LogP contribution >= 0.6 is 0 Å². The van der Waals surface area contributed by atoms with Crippen molar-refractivity contribution in [1.82, 2.24) is 4.57 Å². The standard InChI is InChI=1S/C21H27NO3/c1-3-25-21(23)12-9-18-13-17-14-19(24-2)10-11-20(17)22(18)15-16-7-5-4-6-8-16/h9-14,16H,3-8,15H2,1-2H3/b12-9+. The second-order valence-corrected chi connectivity index (χ2v) is 6.69. The SMILES string of the molecule is CCOC(=O)/C=C/c1cc2cc(OC)ccc2n1CC1CCCCC1. The number of aromatic nitrogens is 1. The van der Waals surface area contributed by atoms with Gasteiger partial charge in [-0.05, 0) is 56.0 Å².